The van der Waals surface area contributed by atoms with Crippen LogP contribution in [0, 0.1) is 19.7 Å². The van der Waals surface area contributed by atoms with Crippen LogP contribution in [-0.2, 0) is 24.4 Å². The van der Waals surface area contributed by atoms with Crippen LogP contribution in [0.2, 0.25) is 0 Å². The van der Waals surface area contributed by atoms with Crippen molar-refractivity contribution in [2.24, 2.45) is 0 Å². The summed E-state index contributed by atoms with van der Waals surface area (Å²) in [7, 11) is 0. The first-order valence-corrected chi connectivity index (χ1v) is 14.5. The van der Waals surface area contributed by atoms with Gasteiger partial charge >= 0.3 is 0 Å². The summed E-state index contributed by atoms with van der Waals surface area (Å²) < 4.78 is 26.3. The molecule has 1 aromatic carbocycles. The van der Waals surface area contributed by atoms with Crippen LogP contribution in [0.15, 0.2) is 29.3 Å². The summed E-state index contributed by atoms with van der Waals surface area (Å²) >= 11 is 0. The maximum atomic E-state index is 15.1. The van der Waals surface area contributed by atoms with Gasteiger partial charge in [-0.1, -0.05) is 0 Å². The number of halogens is 1. The molecule has 4 heterocycles. The maximum absolute atomic E-state index is 15.1. The van der Waals surface area contributed by atoms with Gasteiger partial charge in [0.15, 0.2) is 12.2 Å². The molecule has 0 aliphatic carbocycles. The van der Waals surface area contributed by atoms with Gasteiger partial charge in [0.25, 0.3) is 5.91 Å². The number of rotatable bonds is 10. The average molecular weight is 596 g/mol. The van der Waals surface area contributed by atoms with Gasteiger partial charge in [0.1, 0.15) is 36.0 Å². The molecule has 0 spiro atoms. The Labute approximate surface area is 249 Å². The molecule has 3 N–H and O–H groups in total. The molecule has 2 amide bonds. The number of carbonyl (C=O) groups excluding carboxylic acids is 2. The van der Waals surface area contributed by atoms with E-state index < -0.39 is 12.0 Å². The predicted octanol–water partition coefficient (Wildman–Crippen LogP) is 2.37. The average Bonchev–Trinajstić information content (AvgIpc) is 3.41. The van der Waals surface area contributed by atoms with Crippen LogP contribution in [0.1, 0.15) is 58.4 Å². The van der Waals surface area contributed by atoms with E-state index in [9.17, 15) is 14.7 Å². The van der Waals surface area contributed by atoms with Gasteiger partial charge in [-0.05, 0) is 44.2 Å². The first-order chi connectivity index (χ1) is 20.7. The van der Waals surface area contributed by atoms with Gasteiger partial charge in [-0.15, -0.1) is 0 Å². The summed E-state index contributed by atoms with van der Waals surface area (Å²) in [4.78, 5) is 40.4. The van der Waals surface area contributed by atoms with Crippen LogP contribution in [0.5, 0.6) is 5.75 Å². The highest BCUT2D eigenvalue weighted by Gasteiger charge is 2.26. The van der Waals surface area contributed by atoms with Crippen molar-refractivity contribution >= 4 is 17.6 Å². The molecule has 13 heteroatoms. The van der Waals surface area contributed by atoms with Crippen LogP contribution in [0.25, 0.3) is 0 Å². The number of anilines is 1. The highest BCUT2D eigenvalue weighted by molar-refractivity contribution is 5.92. The van der Waals surface area contributed by atoms with Crippen molar-refractivity contribution in [1.29, 1.82) is 0 Å². The lowest BCUT2D eigenvalue weighted by Crippen LogP contribution is -2.42. The number of nitrogens with zero attached hydrogens (tertiary/aromatic N) is 5. The van der Waals surface area contributed by atoms with Crippen molar-refractivity contribution in [3.8, 4) is 5.75 Å². The molecule has 5 rings (SSSR count). The minimum atomic E-state index is -0.853. The number of aromatic nitrogens is 3. The molecule has 0 saturated carbocycles. The van der Waals surface area contributed by atoms with Crippen LogP contribution in [-0.4, -0.2) is 86.5 Å². The number of hydrogen-bond acceptors (Lipinski definition) is 10. The number of oxazole rings is 1. The molecule has 0 radical (unpaired) electrons. The number of piperidine rings is 1. The number of ether oxygens (including phenoxy) is 1. The second-order valence-corrected chi connectivity index (χ2v) is 11.2. The minimum Gasteiger partial charge on any atom is -0.485 e. The Morgan fingerprint density at radius 3 is 2.67 bits per heavy atom. The van der Waals surface area contributed by atoms with E-state index in [1.165, 1.54) is 18.8 Å². The fraction of sp³-hybridized carbons (Fsp3) is 0.500. The SMILES string of the molecule is CC(=O)N1CCC(Nc2cc(C(=O)NC[C@H](O)CN3CCc4c(C)c(OCc5ocnc5C)cc(F)c4C3)ncn2)CC1. The van der Waals surface area contributed by atoms with Crippen molar-refractivity contribution in [1.82, 2.24) is 30.1 Å². The lowest BCUT2D eigenvalue weighted by molar-refractivity contribution is -0.129. The Morgan fingerprint density at radius 2 is 1.95 bits per heavy atom. The molecule has 3 aromatic rings. The standard InChI is InChI=1S/C30H38FN7O5/c1-18-23-6-7-37(14-24(23)25(31)10-27(18)42-15-28-19(2)35-17-43-28)13-22(40)12-32-30(41)26-11-29(34-16-33-26)36-21-4-8-38(9-5-21)20(3)39/h10-11,16-17,21-22,40H,4-9,12-15H2,1-3H3,(H,32,41)(H,33,34,36)/t22-/m0/s1. The quantitative estimate of drug-likeness (QED) is 0.319. The monoisotopic (exact) mass is 595 g/mol. The fourth-order valence-electron chi connectivity index (χ4n) is 5.60. The fourth-order valence-corrected chi connectivity index (χ4v) is 5.60. The zero-order chi connectivity index (χ0) is 30.5. The van der Waals surface area contributed by atoms with E-state index in [4.69, 9.17) is 9.15 Å². The summed E-state index contributed by atoms with van der Waals surface area (Å²) in [6, 6.07) is 3.13. The van der Waals surface area contributed by atoms with Gasteiger partial charge in [0.05, 0.1) is 11.8 Å². The number of amides is 2. The molecular formula is C30H38FN7O5. The van der Waals surface area contributed by atoms with Crippen molar-refractivity contribution in [2.45, 2.75) is 65.3 Å². The molecule has 0 unspecified atom stereocenters. The Kier molecular flexibility index (Phi) is 9.51. The Bertz CT molecular complexity index is 1460. The number of likely N-dealkylation sites (tertiary alicyclic amines) is 1. The second-order valence-electron chi connectivity index (χ2n) is 11.2. The van der Waals surface area contributed by atoms with Gasteiger partial charge in [-0.25, -0.2) is 19.3 Å². The normalized spacial score (nSPS) is 16.4. The van der Waals surface area contributed by atoms with E-state index in [0.29, 0.717) is 55.5 Å². The Morgan fingerprint density at radius 1 is 1.16 bits per heavy atom. The van der Waals surface area contributed by atoms with E-state index >= 15 is 4.39 Å². The number of nitrogens with one attached hydrogen (secondary N) is 2. The summed E-state index contributed by atoms with van der Waals surface area (Å²) in [5.41, 5.74) is 3.32. The predicted molar refractivity (Wildman–Crippen MR) is 155 cm³/mol. The number of β-amino-alcohol motifs (C(OH)–C–C–N with tert-alkyl or cyclic N) is 1. The number of aliphatic hydroxyl groups is 1. The molecule has 2 aliphatic heterocycles. The topological polar surface area (TPSA) is 146 Å². The van der Waals surface area contributed by atoms with Crippen LogP contribution in [0.4, 0.5) is 10.2 Å². The second kappa shape index (κ2) is 13.5. The number of aryl methyl sites for hydroxylation is 1. The van der Waals surface area contributed by atoms with E-state index in [-0.39, 0.29) is 43.2 Å². The smallest absolute Gasteiger partial charge is 0.270 e. The van der Waals surface area contributed by atoms with E-state index in [1.807, 2.05) is 23.6 Å². The Hall–Kier alpha value is -4.10. The van der Waals surface area contributed by atoms with Gasteiger partial charge in [0.2, 0.25) is 5.91 Å². The van der Waals surface area contributed by atoms with Gasteiger partial charge in [-0.3, -0.25) is 14.5 Å². The number of aliphatic hydroxyl groups excluding tert-OH is 1. The molecule has 1 saturated heterocycles. The Balaban J connectivity index is 1.10. The van der Waals surface area contributed by atoms with Crippen LogP contribution in [0.3, 0.4) is 0 Å². The minimum absolute atomic E-state index is 0.0216. The van der Waals surface area contributed by atoms with Crippen molar-refractivity contribution in [3.05, 3.63) is 64.5 Å². The van der Waals surface area contributed by atoms with E-state index in [0.717, 1.165) is 29.7 Å². The molecule has 12 nitrogen and oxygen atoms in total. The zero-order valence-electron chi connectivity index (χ0n) is 24.7. The first-order valence-electron chi connectivity index (χ1n) is 14.5. The van der Waals surface area contributed by atoms with E-state index in [2.05, 4.69) is 25.6 Å². The van der Waals surface area contributed by atoms with Crippen molar-refractivity contribution in [3.63, 3.8) is 0 Å². The zero-order valence-corrected chi connectivity index (χ0v) is 24.7. The number of carbonyl (C=O) groups is 2. The third-order valence-electron chi connectivity index (χ3n) is 8.16. The first kappa shape index (κ1) is 30.4. The number of hydrogen-bond donors (Lipinski definition) is 3. The summed E-state index contributed by atoms with van der Waals surface area (Å²) in [6.07, 6.45) is 4.02. The van der Waals surface area contributed by atoms with Gasteiger partial charge in [0, 0.05) is 69.9 Å². The summed E-state index contributed by atoms with van der Waals surface area (Å²) in [6.45, 7) is 8.12. The molecule has 230 valence electrons. The van der Waals surface area contributed by atoms with Crippen LogP contribution < -0.4 is 15.4 Å². The highest BCUT2D eigenvalue weighted by Crippen LogP contribution is 2.32. The summed E-state index contributed by atoms with van der Waals surface area (Å²) in [5, 5.41) is 16.7. The molecule has 2 aliphatic rings. The lowest BCUT2D eigenvalue weighted by atomic mass is 9.93. The maximum Gasteiger partial charge on any atom is 0.270 e. The largest absolute Gasteiger partial charge is 0.485 e. The molecule has 1 fully saturated rings. The number of benzene rings is 1. The van der Waals surface area contributed by atoms with E-state index in [1.54, 1.807) is 13.0 Å². The lowest BCUT2D eigenvalue weighted by Gasteiger charge is -2.32. The summed E-state index contributed by atoms with van der Waals surface area (Å²) in [5.74, 6) is 0.912. The third kappa shape index (κ3) is 7.46. The highest BCUT2D eigenvalue weighted by atomic mass is 19.1. The molecule has 1 atom stereocenters. The third-order valence-corrected chi connectivity index (χ3v) is 8.16. The van der Waals surface area contributed by atoms with Gasteiger partial charge < -0.3 is 29.8 Å². The van der Waals surface area contributed by atoms with Crippen molar-refractivity contribution in [2.75, 3.05) is 38.0 Å². The molecule has 0 bridgehead atoms. The van der Waals surface area contributed by atoms with Crippen molar-refractivity contribution < 1.29 is 28.2 Å². The van der Waals surface area contributed by atoms with Crippen LogP contribution >= 0.6 is 0 Å². The molecule has 43 heavy (non-hydrogen) atoms. The number of fused-ring (bicyclic) bond motifs is 1. The molecular weight excluding hydrogens is 557 g/mol. The van der Waals surface area contributed by atoms with Gasteiger partial charge in [-0.2, -0.15) is 0 Å². The molecule has 2 aromatic heterocycles.